The molecule has 0 saturated carbocycles. The van der Waals surface area contributed by atoms with Gasteiger partial charge in [0.25, 0.3) is 17.7 Å². The van der Waals surface area contributed by atoms with E-state index < -0.39 is 41.3 Å². The lowest BCUT2D eigenvalue weighted by Crippen LogP contribution is -2.72. The molecule has 0 aliphatic carbocycles. The number of rotatable bonds is 4. The fourth-order valence-corrected chi connectivity index (χ4v) is 3.65. The largest absolute Gasteiger partial charge is 0.467 e. The van der Waals surface area contributed by atoms with Crippen LogP contribution in [0.2, 0.25) is 0 Å². The van der Waals surface area contributed by atoms with Crippen molar-refractivity contribution in [3.63, 3.8) is 0 Å². The highest BCUT2D eigenvalue weighted by Gasteiger charge is 2.58. The summed E-state index contributed by atoms with van der Waals surface area (Å²) in [5.41, 5.74) is -0.581. The van der Waals surface area contributed by atoms with E-state index in [4.69, 9.17) is 11.6 Å². The summed E-state index contributed by atoms with van der Waals surface area (Å²) in [6, 6.07) is 4.09. The number of nitrogens with zero attached hydrogens (tertiary/aromatic N) is 2. The van der Waals surface area contributed by atoms with Gasteiger partial charge in [-0.2, -0.15) is 0 Å². The number of β-lactam (4-membered cyclic amide) rings is 1. The van der Waals surface area contributed by atoms with Crippen molar-refractivity contribution in [3.05, 3.63) is 46.5 Å². The summed E-state index contributed by atoms with van der Waals surface area (Å²) in [6.45, 7) is 0. The Morgan fingerprint density at radius 2 is 1.80 bits per heavy atom. The number of benzene rings is 1. The van der Waals surface area contributed by atoms with Crippen molar-refractivity contribution in [1.82, 2.24) is 9.80 Å². The summed E-state index contributed by atoms with van der Waals surface area (Å²) >= 11 is 9.30. The summed E-state index contributed by atoms with van der Waals surface area (Å²) in [4.78, 5) is 52.7. The number of alkyl halides is 1. The second-order valence-corrected chi connectivity index (χ2v) is 6.35. The van der Waals surface area contributed by atoms with Gasteiger partial charge >= 0.3 is 5.97 Å². The fourth-order valence-electron chi connectivity index (χ4n) is 2.92. The van der Waals surface area contributed by atoms with Crippen LogP contribution in [0.5, 0.6) is 0 Å². The number of esters is 1. The highest BCUT2D eigenvalue weighted by Crippen LogP contribution is 2.36. The molecule has 0 spiro atoms. The van der Waals surface area contributed by atoms with Gasteiger partial charge in [-0.3, -0.25) is 19.3 Å². The molecule has 2 aliphatic rings. The molecule has 3 rings (SSSR count). The number of carbonyl (C=O) groups is 4. The van der Waals surface area contributed by atoms with Crippen LogP contribution in [-0.2, 0) is 14.3 Å². The van der Waals surface area contributed by atoms with Crippen LogP contribution < -0.4 is 0 Å². The van der Waals surface area contributed by atoms with Crippen LogP contribution in [0, 0.1) is 0 Å². The molecule has 0 aromatic heterocycles. The number of ether oxygens (including phenoxy) is 1. The van der Waals surface area contributed by atoms with E-state index in [1.807, 2.05) is 0 Å². The van der Waals surface area contributed by atoms with Crippen molar-refractivity contribution in [2.75, 3.05) is 7.11 Å². The number of hydrogen-bond donors (Lipinski definition) is 0. The van der Waals surface area contributed by atoms with Crippen molar-refractivity contribution in [3.8, 4) is 0 Å². The van der Waals surface area contributed by atoms with Crippen molar-refractivity contribution < 1.29 is 23.9 Å². The average molecular weight is 428 g/mol. The molecule has 9 heteroatoms. The molecule has 2 aliphatic heterocycles. The van der Waals surface area contributed by atoms with Crippen LogP contribution in [0.3, 0.4) is 0 Å². The Balaban J connectivity index is 1.88. The minimum absolute atomic E-state index is 0.229. The number of methoxy groups -OCH3 is 1. The Morgan fingerprint density at radius 1 is 1.24 bits per heavy atom. The predicted molar refractivity (Wildman–Crippen MR) is 91.1 cm³/mol. The first-order chi connectivity index (χ1) is 11.9. The van der Waals surface area contributed by atoms with E-state index in [1.165, 1.54) is 30.3 Å². The lowest BCUT2D eigenvalue weighted by molar-refractivity contribution is -0.162. The van der Waals surface area contributed by atoms with Crippen molar-refractivity contribution in [1.29, 1.82) is 0 Å². The molecule has 3 amide bonds. The third-order valence-electron chi connectivity index (χ3n) is 4.13. The second kappa shape index (κ2) is 6.61. The molecule has 0 bridgehead atoms. The SMILES string of the molecule is COC(=O)C(C=CBr)N1C(=O)[C@H](N2C(=O)c3ccccc3C2=O)[C@H]1Cl. The second-order valence-electron chi connectivity index (χ2n) is 5.38. The Kier molecular flexibility index (Phi) is 4.66. The molecular weight excluding hydrogens is 416 g/mol. The molecule has 1 fully saturated rings. The minimum atomic E-state index is -1.16. The monoisotopic (exact) mass is 426 g/mol. The zero-order chi connectivity index (χ0) is 18.3. The zero-order valence-corrected chi connectivity index (χ0v) is 15.2. The van der Waals surface area contributed by atoms with Gasteiger partial charge in [0.15, 0.2) is 12.1 Å². The van der Waals surface area contributed by atoms with E-state index >= 15 is 0 Å². The topological polar surface area (TPSA) is 84.0 Å². The molecule has 0 radical (unpaired) electrons. The molecule has 1 aromatic carbocycles. The first kappa shape index (κ1) is 17.6. The standard InChI is InChI=1S/C16H12BrClN2O5/c1-25-16(24)10(6-7-17)19-12(18)11(15(19)23)20-13(21)8-4-2-3-5-9(8)14(20)22/h2-7,10-12H,1H3/t10?,11-,12+/m1/s1. The maximum atomic E-state index is 12.6. The van der Waals surface area contributed by atoms with Gasteiger partial charge in [0, 0.05) is 0 Å². The summed E-state index contributed by atoms with van der Waals surface area (Å²) < 4.78 is 4.66. The summed E-state index contributed by atoms with van der Waals surface area (Å²) in [5, 5.41) is 0. The molecule has 1 aromatic rings. The van der Waals surface area contributed by atoms with E-state index in [0.717, 1.165) is 9.80 Å². The normalized spacial score (nSPS) is 23.7. The van der Waals surface area contributed by atoms with Gasteiger partial charge in [-0.05, 0) is 23.2 Å². The molecule has 2 heterocycles. The number of amides is 3. The van der Waals surface area contributed by atoms with Gasteiger partial charge < -0.3 is 9.64 Å². The Hall–Kier alpha value is -2.19. The maximum absolute atomic E-state index is 12.6. The molecule has 130 valence electrons. The lowest BCUT2D eigenvalue weighted by Gasteiger charge is -2.48. The molecular formula is C16H12BrClN2O5. The molecule has 3 atom stereocenters. The van der Waals surface area contributed by atoms with Gasteiger partial charge in [0.05, 0.1) is 18.2 Å². The summed E-state index contributed by atoms with van der Waals surface area (Å²) in [5.74, 6) is -2.43. The van der Waals surface area contributed by atoms with E-state index in [2.05, 4.69) is 20.7 Å². The molecule has 0 N–H and O–H groups in total. The number of fused-ring (bicyclic) bond motifs is 1. The van der Waals surface area contributed by atoms with E-state index in [-0.39, 0.29) is 11.1 Å². The van der Waals surface area contributed by atoms with Crippen molar-refractivity contribution >= 4 is 51.2 Å². The van der Waals surface area contributed by atoms with Gasteiger partial charge in [0.2, 0.25) is 0 Å². The van der Waals surface area contributed by atoms with E-state index in [1.54, 1.807) is 12.1 Å². The molecule has 1 saturated heterocycles. The number of hydrogen-bond acceptors (Lipinski definition) is 5. The third kappa shape index (κ3) is 2.56. The number of halogens is 2. The van der Waals surface area contributed by atoms with Crippen LogP contribution in [0.25, 0.3) is 0 Å². The highest BCUT2D eigenvalue weighted by atomic mass is 79.9. The molecule has 7 nitrogen and oxygen atoms in total. The quantitative estimate of drug-likeness (QED) is 0.239. The summed E-state index contributed by atoms with van der Waals surface area (Å²) in [6.07, 6.45) is 1.39. The van der Waals surface area contributed by atoms with Crippen LogP contribution >= 0.6 is 27.5 Å². The number of carbonyl (C=O) groups excluding carboxylic acids is 4. The van der Waals surface area contributed by atoms with Gasteiger partial charge in [-0.1, -0.05) is 39.7 Å². The average Bonchev–Trinajstić information content (AvgIpc) is 2.86. The number of likely N-dealkylation sites (tertiary alicyclic amines) is 1. The zero-order valence-electron chi connectivity index (χ0n) is 12.9. The predicted octanol–water partition coefficient (Wildman–Crippen LogP) is 1.51. The minimum Gasteiger partial charge on any atom is -0.467 e. The van der Waals surface area contributed by atoms with E-state index in [9.17, 15) is 19.2 Å². The Bertz CT molecular complexity index is 776. The Morgan fingerprint density at radius 3 is 2.24 bits per heavy atom. The maximum Gasteiger partial charge on any atom is 0.332 e. The summed E-state index contributed by atoms with van der Waals surface area (Å²) in [7, 11) is 1.19. The first-order valence-electron chi connectivity index (χ1n) is 7.22. The first-order valence-corrected chi connectivity index (χ1v) is 8.57. The Labute approximate surface area is 156 Å². The van der Waals surface area contributed by atoms with Gasteiger partial charge in [-0.15, -0.1) is 0 Å². The van der Waals surface area contributed by atoms with Gasteiger partial charge in [-0.25, -0.2) is 4.79 Å². The lowest BCUT2D eigenvalue weighted by atomic mass is 10.0. The van der Waals surface area contributed by atoms with Crippen LogP contribution in [0.15, 0.2) is 35.3 Å². The fraction of sp³-hybridized carbons (Fsp3) is 0.250. The molecule has 1 unspecified atom stereocenters. The van der Waals surface area contributed by atoms with Crippen LogP contribution in [-0.4, -0.2) is 58.2 Å². The number of imide groups is 1. The van der Waals surface area contributed by atoms with Crippen LogP contribution in [0.4, 0.5) is 0 Å². The highest BCUT2D eigenvalue weighted by molar-refractivity contribution is 9.11. The van der Waals surface area contributed by atoms with Gasteiger partial charge in [0.1, 0.15) is 5.50 Å². The molecule has 25 heavy (non-hydrogen) atoms. The van der Waals surface area contributed by atoms with Crippen molar-refractivity contribution in [2.24, 2.45) is 0 Å². The third-order valence-corrected chi connectivity index (χ3v) is 4.89. The smallest absolute Gasteiger partial charge is 0.332 e. The van der Waals surface area contributed by atoms with Crippen LogP contribution in [0.1, 0.15) is 20.7 Å². The van der Waals surface area contributed by atoms with E-state index in [0.29, 0.717) is 0 Å². The van der Waals surface area contributed by atoms with Crippen molar-refractivity contribution in [2.45, 2.75) is 17.6 Å².